The number of rotatable bonds is 4. The summed E-state index contributed by atoms with van der Waals surface area (Å²) in [6.07, 6.45) is 2.71. The zero-order chi connectivity index (χ0) is 13.9. The van der Waals surface area contributed by atoms with Crippen molar-refractivity contribution in [2.75, 3.05) is 19.6 Å². The van der Waals surface area contributed by atoms with Gasteiger partial charge in [0.15, 0.2) is 0 Å². The molecule has 1 saturated heterocycles. The Bertz CT molecular complexity index is 407. The molecule has 1 fully saturated rings. The van der Waals surface area contributed by atoms with Crippen molar-refractivity contribution in [1.82, 2.24) is 4.90 Å². The highest BCUT2D eigenvalue weighted by Crippen LogP contribution is 2.23. The average molecular weight is 262 g/mol. The first-order valence-electron chi connectivity index (χ1n) is 7.24. The van der Waals surface area contributed by atoms with E-state index in [-0.39, 0.29) is 6.04 Å². The molecule has 3 heteroatoms. The number of benzene rings is 1. The van der Waals surface area contributed by atoms with Gasteiger partial charge in [0.2, 0.25) is 0 Å². The zero-order valence-electron chi connectivity index (χ0n) is 12.1. The predicted molar refractivity (Wildman–Crippen MR) is 79.0 cm³/mol. The topological polar surface area (TPSA) is 49.5 Å². The van der Waals surface area contributed by atoms with Crippen LogP contribution in [0.3, 0.4) is 0 Å². The van der Waals surface area contributed by atoms with Crippen molar-refractivity contribution in [3.05, 3.63) is 35.4 Å². The van der Waals surface area contributed by atoms with E-state index in [1.54, 1.807) is 0 Å². The van der Waals surface area contributed by atoms with E-state index in [4.69, 9.17) is 5.73 Å². The van der Waals surface area contributed by atoms with Crippen LogP contribution < -0.4 is 5.73 Å². The number of aliphatic hydroxyl groups is 1. The van der Waals surface area contributed by atoms with Gasteiger partial charge in [-0.3, -0.25) is 0 Å². The fourth-order valence-corrected chi connectivity index (χ4v) is 2.74. The van der Waals surface area contributed by atoms with Crippen LogP contribution in [-0.2, 0) is 0 Å². The van der Waals surface area contributed by atoms with E-state index >= 15 is 0 Å². The van der Waals surface area contributed by atoms with Crippen molar-refractivity contribution in [3.8, 4) is 0 Å². The van der Waals surface area contributed by atoms with Crippen molar-refractivity contribution in [1.29, 1.82) is 0 Å². The summed E-state index contributed by atoms with van der Waals surface area (Å²) in [5.74, 6) is 0. The average Bonchev–Trinajstić information content (AvgIpc) is 2.38. The molecule has 0 radical (unpaired) electrons. The summed E-state index contributed by atoms with van der Waals surface area (Å²) >= 11 is 0. The molecule has 0 bridgehead atoms. The summed E-state index contributed by atoms with van der Waals surface area (Å²) < 4.78 is 0. The van der Waals surface area contributed by atoms with Crippen molar-refractivity contribution in [3.63, 3.8) is 0 Å². The molecule has 3 nitrogen and oxygen atoms in total. The summed E-state index contributed by atoms with van der Waals surface area (Å²) in [6.45, 7) is 7.03. The smallest absolute Gasteiger partial charge is 0.0644 e. The Morgan fingerprint density at radius 1 is 1.32 bits per heavy atom. The van der Waals surface area contributed by atoms with Gasteiger partial charge in [0.1, 0.15) is 0 Å². The maximum absolute atomic E-state index is 9.93. The molecule has 2 rings (SSSR count). The van der Waals surface area contributed by atoms with E-state index in [1.807, 2.05) is 6.92 Å². The van der Waals surface area contributed by atoms with Crippen LogP contribution in [0.5, 0.6) is 0 Å². The molecule has 1 unspecified atom stereocenters. The second kappa shape index (κ2) is 6.04. The fraction of sp³-hybridized carbons (Fsp3) is 0.625. The van der Waals surface area contributed by atoms with Crippen LogP contribution in [0.4, 0.5) is 0 Å². The van der Waals surface area contributed by atoms with E-state index < -0.39 is 5.60 Å². The van der Waals surface area contributed by atoms with E-state index in [0.717, 1.165) is 38.9 Å². The highest BCUT2D eigenvalue weighted by atomic mass is 16.3. The van der Waals surface area contributed by atoms with Crippen LogP contribution in [0.25, 0.3) is 0 Å². The van der Waals surface area contributed by atoms with Crippen molar-refractivity contribution >= 4 is 0 Å². The van der Waals surface area contributed by atoms with Crippen LogP contribution in [0.1, 0.15) is 43.4 Å². The standard InChI is InChI=1S/C16H26N2O/c1-13-5-3-4-6-14(13)15(17)7-10-18-11-8-16(2,19)9-12-18/h3-6,15,19H,7-12,17H2,1-2H3. The van der Waals surface area contributed by atoms with Crippen molar-refractivity contribution in [2.24, 2.45) is 5.73 Å². The first-order valence-corrected chi connectivity index (χ1v) is 7.24. The molecule has 1 aromatic rings. The maximum Gasteiger partial charge on any atom is 0.0644 e. The molecule has 0 saturated carbocycles. The lowest BCUT2D eigenvalue weighted by Gasteiger charge is -2.36. The molecule has 19 heavy (non-hydrogen) atoms. The maximum atomic E-state index is 9.93. The van der Waals surface area contributed by atoms with Crippen LogP contribution in [0.15, 0.2) is 24.3 Å². The monoisotopic (exact) mass is 262 g/mol. The Morgan fingerprint density at radius 3 is 2.58 bits per heavy atom. The molecule has 0 spiro atoms. The van der Waals surface area contributed by atoms with E-state index in [2.05, 4.69) is 36.1 Å². The molecule has 0 aromatic heterocycles. The fourth-order valence-electron chi connectivity index (χ4n) is 2.74. The Kier molecular flexibility index (Phi) is 4.61. The van der Waals surface area contributed by atoms with Gasteiger partial charge in [0.25, 0.3) is 0 Å². The minimum Gasteiger partial charge on any atom is -0.390 e. The lowest BCUT2D eigenvalue weighted by atomic mass is 9.93. The lowest BCUT2D eigenvalue weighted by molar-refractivity contribution is -0.00576. The summed E-state index contributed by atoms with van der Waals surface area (Å²) in [4.78, 5) is 2.41. The van der Waals surface area contributed by atoms with Gasteiger partial charge in [-0.15, -0.1) is 0 Å². The van der Waals surface area contributed by atoms with E-state index in [1.165, 1.54) is 11.1 Å². The number of likely N-dealkylation sites (tertiary alicyclic amines) is 1. The second-order valence-electron chi connectivity index (χ2n) is 6.09. The molecular formula is C16H26N2O. The quantitative estimate of drug-likeness (QED) is 0.875. The van der Waals surface area contributed by atoms with Gasteiger partial charge in [0, 0.05) is 19.1 Å². The highest BCUT2D eigenvalue weighted by molar-refractivity contribution is 5.28. The first-order chi connectivity index (χ1) is 8.98. The molecule has 1 atom stereocenters. The molecule has 1 aromatic carbocycles. The third-order valence-electron chi connectivity index (χ3n) is 4.28. The van der Waals surface area contributed by atoms with Crippen LogP contribution in [0.2, 0.25) is 0 Å². The lowest BCUT2D eigenvalue weighted by Crippen LogP contribution is -2.43. The summed E-state index contributed by atoms with van der Waals surface area (Å²) in [7, 11) is 0. The normalized spacial score (nSPS) is 21.3. The SMILES string of the molecule is Cc1ccccc1C(N)CCN1CCC(C)(O)CC1. The van der Waals surface area contributed by atoms with Crippen LogP contribution in [-0.4, -0.2) is 35.2 Å². The summed E-state index contributed by atoms with van der Waals surface area (Å²) in [5, 5.41) is 9.93. The Morgan fingerprint density at radius 2 is 1.95 bits per heavy atom. The van der Waals surface area contributed by atoms with Gasteiger partial charge < -0.3 is 15.7 Å². The number of aryl methyl sites for hydroxylation is 1. The number of nitrogens with zero attached hydrogens (tertiary/aromatic N) is 1. The van der Waals surface area contributed by atoms with Gasteiger partial charge in [-0.1, -0.05) is 24.3 Å². The minimum absolute atomic E-state index is 0.114. The van der Waals surface area contributed by atoms with Gasteiger partial charge in [-0.2, -0.15) is 0 Å². The molecule has 1 aliphatic heterocycles. The van der Waals surface area contributed by atoms with Crippen molar-refractivity contribution in [2.45, 2.75) is 44.8 Å². The molecule has 3 N–H and O–H groups in total. The van der Waals surface area contributed by atoms with Gasteiger partial charge in [0.05, 0.1) is 5.60 Å². The summed E-state index contributed by atoms with van der Waals surface area (Å²) in [5.41, 5.74) is 8.36. The first kappa shape index (κ1) is 14.5. The minimum atomic E-state index is -0.464. The summed E-state index contributed by atoms with van der Waals surface area (Å²) in [6, 6.07) is 8.47. The third kappa shape index (κ3) is 4.03. The zero-order valence-corrected chi connectivity index (χ0v) is 12.1. The van der Waals surface area contributed by atoms with Crippen molar-refractivity contribution < 1.29 is 5.11 Å². The molecular weight excluding hydrogens is 236 g/mol. The Hall–Kier alpha value is -0.900. The number of nitrogens with two attached hydrogens (primary N) is 1. The van der Waals surface area contributed by atoms with E-state index in [9.17, 15) is 5.11 Å². The second-order valence-corrected chi connectivity index (χ2v) is 6.09. The molecule has 106 valence electrons. The Balaban J connectivity index is 1.82. The molecule has 1 aliphatic rings. The molecule has 0 amide bonds. The number of piperidine rings is 1. The highest BCUT2D eigenvalue weighted by Gasteiger charge is 2.27. The van der Waals surface area contributed by atoms with Crippen LogP contribution in [0, 0.1) is 6.92 Å². The molecule has 1 heterocycles. The van der Waals surface area contributed by atoms with Crippen LogP contribution >= 0.6 is 0 Å². The number of hydrogen-bond acceptors (Lipinski definition) is 3. The molecule has 0 aliphatic carbocycles. The largest absolute Gasteiger partial charge is 0.390 e. The van der Waals surface area contributed by atoms with Gasteiger partial charge >= 0.3 is 0 Å². The van der Waals surface area contributed by atoms with Gasteiger partial charge in [-0.25, -0.2) is 0 Å². The van der Waals surface area contributed by atoms with E-state index in [0.29, 0.717) is 0 Å². The predicted octanol–water partition coefficient (Wildman–Crippen LogP) is 2.23. The number of hydrogen-bond donors (Lipinski definition) is 2. The third-order valence-corrected chi connectivity index (χ3v) is 4.28. The van der Waals surface area contributed by atoms with Gasteiger partial charge in [-0.05, 0) is 50.8 Å². The Labute approximate surface area is 116 Å².